The van der Waals surface area contributed by atoms with Crippen molar-refractivity contribution in [3.05, 3.63) is 83.9 Å². The summed E-state index contributed by atoms with van der Waals surface area (Å²) >= 11 is 0. The van der Waals surface area contributed by atoms with Crippen LogP contribution < -0.4 is 15.0 Å². The Bertz CT molecular complexity index is 1950. The summed E-state index contributed by atoms with van der Waals surface area (Å²) in [4.78, 5) is 46.4. The number of benzene rings is 3. The van der Waals surface area contributed by atoms with Crippen molar-refractivity contribution >= 4 is 39.8 Å². The Morgan fingerprint density at radius 3 is 2.32 bits per heavy atom. The number of nitrogens with one attached hydrogen (secondary N) is 3. The van der Waals surface area contributed by atoms with Crippen LogP contribution in [0.25, 0.3) is 22.1 Å². The maximum Gasteiger partial charge on any atom is 0.407 e. The van der Waals surface area contributed by atoms with Crippen LogP contribution in [0.1, 0.15) is 74.6 Å². The molecule has 0 aliphatic carbocycles. The van der Waals surface area contributed by atoms with Crippen LogP contribution in [-0.2, 0) is 14.3 Å². The van der Waals surface area contributed by atoms with Crippen molar-refractivity contribution in [1.29, 1.82) is 0 Å². The summed E-state index contributed by atoms with van der Waals surface area (Å²) < 4.78 is 15.8. The number of hydrogen-bond acceptors (Lipinski definition) is 8. The molecule has 12 nitrogen and oxygen atoms in total. The summed E-state index contributed by atoms with van der Waals surface area (Å²) in [5.41, 5.74) is 7.33. The van der Waals surface area contributed by atoms with E-state index in [0.717, 1.165) is 65.0 Å². The quantitative estimate of drug-likeness (QED) is 0.133. The summed E-state index contributed by atoms with van der Waals surface area (Å²) in [6.07, 6.45) is 4.74. The van der Waals surface area contributed by atoms with Gasteiger partial charge < -0.3 is 39.3 Å². The van der Waals surface area contributed by atoms with E-state index in [2.05, 4.69) is 73.7 Å². The van der Waals surface area contributed by atoms with E-state index in [0.29, 0.717) is 19.8 Å². The predicted molar refractivity (Wildman–Crippen MR) is 191 cm³/mol. The molecule has 0 radical (unpaired) electrons. The lowest BCUT2D eigenvalue weighted by Gasteiger charge is -2.33. The number of nitrogens with zero attached hydrogens (tertiary/aromatic N) is 4. The van der Waals surface area contributed by atoms with Gasteiger partial charge in [0.2, 0.25) is 5.91 Å². The van der Waals surface area contributed by atoms with Crippen LogP contribution in [0.5, 0.6) is 5.75 Å². The second-order valence-corrected chi connectivity index (χ2v) is 13.5. The minimum atomic E-state index is -0.680. The van der Waals surface area contributed by atoms with Crippen LogP contribution >= 0.6 is 0 Å². The van der Waals surface area contributed by atoms with Crippen LogP contribution in [-0.4, -0.2) is 76.9 Å². The molecule has 3 aromatic carbocycles. The number of likely N-dealkylation sites (tertiary alicyclic amines) is 1. The van der Waals surface area contributed by atoms with Gasteiger partial charge in [0.25, 0.3) is 0 Å². The number of alkyl carbamates (subject to hydrolysis) is 1. The molecule has 262 valence electrons. The highest BCUT2D eigenvalue weighted by atomic mass is 16.5. The fraction of sp³-hybridized carbons (Fsp3) is 0.421. The molecule has 0 bridgehead atoms. The Labute approximate surface area is 291 Å². The first-order chi connectivity index (χ1) is 24.3. The fourth-order valence-corrected chi connectivity index (χ4v) is 7.55. The molecule has 0 spiro atoms. The van der Waals surface area contributed by atoms with Crippen LogP contribution in [0, 0.1) is 5.92 Å². The molecule has 0 saturated carbocycles. The van der Waals surface area contributed by atoms with Gasteiger partial charge in [0.05, 0.1) is 60.2 Å². The fourth-order valence-electron chi connectivity index (χ4n) is 7.55. The molecule has 50 heavy (non-hydrogen) atoms. The van der Waals surface area contributed by atoms with E-state index in [4.69, 9.17) is 19.2 Å². The van der Waals surface area contributed by atoms with Gasteiger partial charge in [-0.3, -0.25) is 4.79 Å². The van der Waals surface area contributed by atoms with Crippen molar-refractivity contribution in [2.24, 2.45) is 5.92 Å². The number of aromatic amines is 2. The third kappa shape index (κ3) is 6.59. The van der Waals surface area contributed by atoms with Crippen molar-refractivity contribution in [1.82, 2.24) is 30.2 Å². The minimum absolute atomic E-state index is 0.0972. The van der Waals surface area contributed by atoms with Crippen LogP contribution in [0.15, 0.2) is 67.0 Å². The first-order valence-electron chi connectivity index (χ1n) is 17.4. The number of amides is 2. The molecule has 2 amide bonds. The number of aromatic nitrogens is 4. The topological polar surface area (TPSA) is 138 Å². The number of carbonyl (C=O) groups excluding carboxylic acids is 2. The molecule has 7 rings (SSSR count). The van der Waals surface area contributed by atoms with Gasteiger partial charge in [0.15, 0.2) is 0 Å². The Morgan fingerprint density at radius 2 is 1.62 bits per heavy atom. The number of ether oxygens (including phenoxy) is 3. The third-order valence-corrected chi connectivity index (χ3v) is 10.1. The number of imidazole rings is 2. The zero-order valence-electron chi connectivity index (χ0n) is 29.0. The van der Waals surface area contributed by atoms with Gasteiger partial charge in [-0.05, 0) is 91.3 Å². The molecular formula is C38H45N7O5. The monoisotopic (exact) mass is 679 g/mol. The second kappa shape index (κ2) is 14.4. The number of anilines is 1. The predicted octanol–water partition coefficient (Wildman–Crippen LogP) is 6.59. The molecule has 4 heterocycles. The summed E-state index contributed by atoms with van der Waals surface area (Å²) in [7, 11) is 2.97. The standard InChI is InChI=1S/C38H45N7O5/c1-23(2)35(43-38(47)49-4)37(46)44-17-5-6-34(44)36-41-29-14-8-25(21-31(29)42-36)33-16-15-32(24-7-13-28-30(20-24)40-22-39-28)45(33)26-9-11-27(12-10-26)50-19-18-48-3/h7-14,20-23,32-35H,5-6,15-19H2,1-4H3,(H,39,40)(H,41,42)(H,43,47)/t32-,33-,34+,35?/m1/s1. The van der Waals surface area contributed by atoms with Gasteiger partial charge in [-0.1, -0.05) is 26.0 Å². The average molecular weight is 680 g/mol. The Morgan fingerprint density at radius 1 is 0.900 bits per heavy atom. The largest absolute Gasteiger partial charge is 0.491 e. The van der Waals surface area contributed by atoms with E-state index in [9.17, 15) is 9.59 Å². The molecule has 12 heteroatoms. The van der Waals surface area contributed by atoms with Crippen molar-refractivity contribution < 1.29 is 23.8 Å². The molecule has 3 N–H and O–H groups in total. The molecule has 2 saturated heterocycles. The van der Waals surface area contributed by atoms with Gasteiger partial charge in [-0.25, -0.2) is 14.8 Å². The van der Waals surface area contributed by atoms with Crippen molar-refractivity contribution in [3.63, 3.8) is 0 Å². The zero-order chi connectivity index (χ0) is 34.8. The van der Waals surface area contributed by atoms with Gasteiger partial charge in [0.1, 0.15) is 24.2 Å². The Balaban J connectivity index is 1.18. The van der Waals surface area contributed by atoms with E-state index in [1.54, 1.807) is 13.4 Å². The number of methoxy groups -OCH3 is 2. The summed E-state index contributed by atoms with van der Waals surface area (Å²) in [6, 6.07) is 20.7. The van der Waals surface area contributed by atoms with E-state index in [-0.39, 0.29) is 30.0 Å². The Kier molecular flexibility index (Phi) is 9.62. The first kappa shape index (κ1) is 33.4. The molecule has 5 aromatic rings. The van der Waals surface area contributed by atoms with E-state index in [1.807, 2.05) is 30.9 Å². The second-order valence-electron chi connectivity index (χ2n) is 13.5. The van der Waals surface area contributed by atoms with E-state index in [1.165, 1.54) is 18.2 Å². The highest BCUT2D eigenvalue weighted by molar-refractivity contribution is 5.86. The maximum absolute atomic E-state index is 13.7. The minimum Gasteiger partial charge on any atom is -0.491 e. The maximum atomic E-state index is 13.7. The zero-order valence-corrected chi connectivity index (χ0v) is 29.0. The van der Waals surface area contributed by atoms with Gasteiger partial charge in [0, 0.05) is 19.3 Å². The highest BCUT2D eigenvalue weighted by Crippen LogP contribution is 2.48. The van der Waals surface area contributed by atoms with Gasteiger partial charge in [-0.2, -0.15) is 0 Å². The molecule has 2 aliphatic rings. The lowest BCUT2D eigenvalue weighted by atomic mass is 10.0. The highest BCUT2D eigenvalue weighted by Gasteiger charge is 2.39. The molecule has 2 fully saturated rings. The molecule has 4 atom stereocenters. The van der Waals surface area contributed by atoms with Gasteiger partial charge in [-0.15, -0.1) is 0 Å². The molecule has 2 aliphatic heterocycles. The summed E-state index contributed by atoms with van der Waals surface area (Å²) in [5.74, 6) is 1.36. The number of rotatable bonds is 11. The van der Waals surface area contributed by atoms with Crippen molar-refractivity contribution in [3.8, 4) is 5.75 Å². The smallest absolute Gasteiger partial charge is 0.407 e. The number of hydrogen-bond donors (Lipinski definition) is 3. The SMILES string of the molecule is COCCOc1ccc(N2[C@@H](c3ccc4nc[nH]c4c3)CC[C@@H]2c2ccc3nc([C@@H]4CCCN4C(=O)C(NC(=O)OC)C(C)C)[nH]c3c2)cc1. The van der Waals surface area contributed by atoms with Crippen LogP contribution in [0.3, 0.4) is 0 Å². The van der Waals surface area contributed by atoms with Crippen LogP contribution in [0.2, 0.25) is 0 Å². The lowest BCUT2D eigenvalue weighted by Crippen LogP contribution is -2.51. The number of fused-ring (bicyclic) bond motifs is 2. The molecule has 2 aromatic heterocycles. The van der Waals surface area contributed by atoms with Crippen molar-refractivity contribution in [2.75, 3.05) is 38.9 Å². The van der Waals surface area contributed by atoms with Gasteiger partial charge >= 0.3 is 6.09 Å². The van der Waals surface area contributed by atoms with Crippen molar-refractivity contribution in [2.45, 2.75) is 63.7 Å². The third-order valence-electron chi connectivity index (χ3n) is 10.1. The first-order valence-corrected chi connectivity index (χ1v) is 17.4. The summed E-state index contributed by atoms with van der Waals surface area (Å²) in [5, 5.41) is 2.73. The number of carbonyl (C=O) groups is 2. The average Bonchev–Trinajstić information content (AvgIpc) is 3.95. The molecule has 1 unspecified atom stereocenters. The van der Waals surface area contributed by atoms with Crippen LogP contribution in [0.4, 0.5) is 10.5 Å². The molecular weight excluding hydrogens is 634 g/mol. The summed E-state index contributed by atoms with van der Waals surface area (Å²) in [6.45, 7) is 5.48. The normalized spacial score (nSPS) is 19.8. The number of H-pyrrole nitrogens is 2. The lowest BCUT2D eigenvalue weighted by molar-refractivity contribution is -0.135. The van der Waals surface area contributed by atoms with E-state index < -0.39 is 12.1 Å². The van der Waals surface area contributed by atoms with E-state index >= 15 is 0 Å². The Hall–Kier alpha value is -5.10.